The van der Waals surface area contributed by atoms with E-state index in [1.54, 1.807) is 0 Å². The van der Waals surface area contributed by atoms with E-state index >= 15 is 0 Å². The number of nitrogens with zero attached hydrogens (tertiary/aromatic N) is 3. The van der Waals surface area contributed by atoms with Crippen LogP contribution in [0.1, 0.15) is 54.5 Å². The summed E-state index contributed by atoms with van der Waals surface area (Å²) in [4.78, 5) is 6.89. The Morgan fingerprint density at radius 2 is 1.79 bits per heavy atom. The predicted octanol–water partition coefficient (Wildman–Crippen LogP) is 5.26. The Balaban J connectivity index is 1.88. The first-order valence-corrected chi connectivity index (χ1v) is 10.1. The SMILES string of the molecule is Cc1cc(C)cc(N2C(=S)N[C@@H](c3ccccn3)[C@H]2c2cccn2C(C)C)c1. The lowest BCUT2D eigenvalue weighted by Crippen LogP contribution is -2.30. The van der Waals surface area contributed by atoms with Crippen molar-refractivity contribution < 1.29 is 0 Å². The summed E-state index contributed by atoms with van der Waals surface area (Å²) in [7, 11) is 0. The van der Waals surface area contributed by atoms with Gasteiger partial charge in [-0.1, -0.05) is 12.1 Å². The van der Waals surface area contributed by atoms with Crippen LogP contribution >= 0.6 is 12.2 Å². The van der Waals surface area contributed by atoms with Crippen LogP contribution in [0.5, 0.6) is 0 Å². The van der Waals surface area contributed by atoms with Crippen molar-refractivity contribution in [1.82, 2.24) is 14.9 Å². The van der Waals surface area contributed by atoms with E-state index in [1.807, 2.05) is 18.3 Å². The molecule has 144 valence electrons. The molecule has 0 bridgehead atoms. The molecule has 0 unspecified atom stereocenters. The Hall–Kier alpha value is -2.66. The molecule has 0 saturated carbocycles. The molecule has 1 fully saturated rings. The van der Waals surface area contributed by atoms with Gasteiger partial charge in [0, 0.05) is 29.8 Å². The first-order chi connectivity index (χ1) is 13.5. The van der Waals surface area contributed by atoms with Gasteiger partial charge in [0.25, 0.3) is 0 Å². The van der Waals surface area contributed by atoms with E-state index in [2.05, 4.69) is 90.1 Å². The minimum Gasteiger partial charge on any atom is -0.351 e. The highest BCUT2D eigenvalue weighted by Gasteiger charge is 2.42. The van der Waals surface area contributed by atoms with Crippen LogP contribution < -0.4 is 10.2 Å². The lowest BCUT2D eigenvalue weighted by atomic mass is 10.00. The largest absolute Gasteiger partial charge is 0.351 e. The second kappa shape index (κ2) is 7.40. The number of pyridine rings is 1. The van der Waals surface area contributed by atoms with E-state index in [4.69, 9.17) is 12.2 Å². The number of anilines is 1. The van der Waals surface area contributed by atoms with Gasteiger partial charge in [0.2, 0.25) is 0 Å². The minimum atomic E-state index is -0.0121. The molecule has 0 amide bonds. The normalized spacial score (nSPS) is 19.3. The smallest absolute Gasteiger partial charge is 0.174 e. The van der Waals surface area contributed by atoms with Crippen molar-refractivity contribution in [2.24, 2.45) is 0 Å². The van der Waals surface area contributed by atoms with Gasteiger partial charge in [-0.15, -0.1) is 0 Å². The predicted molar refractivity (Wildman–Crippen MR) is 119 cm³/mol. The number of aryl methyl sites for hydroxylation is 2. The van der Waals surface area contributed by atoms with Gasteiger partial charge >= 0.3 is 0 Å². The van der Waals surface area contributed by atoms with Crippen molar-refractivity contribution in [3.05, 3.63) is 83.4 Å². The molecule has 2 atom stereocenters. The summed E-state index contributed by atoms with van der Waals surface area (Å²) in [6.07, 6.45) is 3.99. The highest BCUT2D eigenvalue weighted by atomic mass is 32.1. The number of hydrogen-bond acceptors (Lipinski definition) is 2. The van der Waals surface area contributed by atoms with Crippen LogP contribution in [0, 0.1) is 13.8 Å². The molecule has 5 heteroatoms. The monoisotopic (exact) mass is 390 g/mol. The average molecular weight is 391 g/mol. The molecule has 28 heavy (non-hydrogen) atoms. The van der Waals surface area contributed by atoms with Gasteiger partial charge in [0.05, 0.1) is 11.7 Å². The summed E-state index contributed by atoms with van der Waals surface area (Å²) in [6.45, 7) is 8.68. The number of hydrogen-bond donors (Lipinski definition) is 1. The quantitative estimate of drug-likeness (QED) is 0.616. The number of rotatable bonds is 4. The molecule has 0 spiro atoms. The number of aromatic nitrogens is 2. The summed E-state index contributed by atoms with van der Waals surface area (Å²) in [5.74, 6) is 0. The Morgan fingerprint density at radius 3 is 2.43 bits per heavy atom. The lowest BCUT2D eigenvalue weighted by molar-refractivity contribution is 0.497. The number of thiocarbonyl (C=S) groups is 1. The van der Waals surface area contributed by atoms with Crippen LogP contribution in [-0.4, -0.2) is 14.7 Å². The van der Waals surface area contributed by atoms with Gasteiger partial charge < -0.3 is 14.8 Å². The van der Waals surface area contributed by atoms with Gasteiger partial charge in [-0.25, -0.2) is 0 Å². The maximum atomic E-state index is 5.82. The Kier molecular flexibility index (Phi) is 4.94. The van der Waals surface area contributed by atoms with Gasteiger partial charge in [-0.2, -0.15) is 0 Å². The summed E-state index contributed by atoms with van der Waals surface area (Å²) in [6, 6.07) is 17.4. The van der Waals surface area contributed by atoms with Crippen molar-refractivity contribution in [1.29, 1.82) is 0 Å². The van der Waals surface area contributed by atoms with Crippen molar-refractivity contribution in [3.63, 3.8) is 0 Å². The van der Waals surface area contributed by atoms with E-state index in [1.165, 1.54) is 16.8 Å². The number of nitrogens with one attached hydrogen (secondary N) is 1. The zero-order valence-electron chi connectivity index (χ0n) is 16.8. The zero-order chi connectivity index (χ0) is 19.8. The molecule has 2 aromatic heterocycles. The third kappa shape index (κ3) is 3.31. The second-order valence-corrected chi connectivity index (χ2v) is 8.16. The number of benzene rings is 1. The Morgan fingerprint density at radius 1 is 1.04 bits per heavy atom. The Bertz CT molecular complexity index is 973. The molecule has 4 rings (SSSR count). The van der Waals surface area contributed by atoms with Crippen LogP contribution in [0.2, 0.25) is 0 Å². The van der Waals surface area contributed by atoms with Crippen molar-refractivity contribution >= 4 is 23.0 Å². The molecule has 1 saturated heterocycles. The highest BCUT2D eigenvalue weighted by Crippen LogP contribution is 2.42. The zero-order valence-corrected chi connectivity index (χ0v) is 17.6. The molecule has 1 N–H and O–H groups in total. The molecule has 3 heterocycles. The molecule has 0 aliphatic carbocycles. The molecular weight excluding hydrogens is 364 g/mol. The molecule has 0 radical (unpaired) electrons. The maximum absolute atomic E-state index is 5.82. The van der Waals surface area contributed by atoms with E-state index in [0.29, 0.717) is 6.04 Å². The molecule has 1 aliphatic heterocycles. The van der Waals surface area contributed by atoms with E-state index in [-0.39, 0.29) is 12.1 Å². The lowest BCUT2D eigenvalue weighted by Gasteiger charge is -2.30. The maximum Gasteiger partial charge on any atom is 0.174 e. The first-order valence-electron chi connectivity index (χ1n) is 9.71. The fraction of sp³-hybridized carbons (Fsp3) is 0.304. The molecule has 3 aromatic rings. The topological polar surface area (TPSA) is 33.1 Å². The van der Waals surface area contributed by atoms with Gasteiger partial charge in [-0.3, -0.25) is 4.98 Å². The van der Waals surface area contributed by atoms with Crippen LogP contribution in [0.15, 0.2) is 60.9 Å². The molecular formula is C23H26N4S. The Labute approximate surface area is 172 Å². The van der Waals surface area contributed by atoms with Crippen molar-refractivity contribution in [3.8, 4) is 0 Å². The van der Waals surface area contributed by atoms with Crippen molar-refractivity contribution in [2.45, 2.75) is 45.8 Å². The highest BCUT2D eigenvalue weighted by molar-refractivity contribution is 7.80. The van der Waals surface area contributed by atoms with Gasteiger partial charge in [0.15, 0.2) is 5.11 Å². The van der Waals surface area contributed by atoms with Crippen LogP contribution in [0.25, 0.3) is 0 Å². The van der Waals surface area contributed by atoms with Crippen molar-refractivity contribution in [2.75, 3.05) is 4.90 Å². The van der Waals surface area contributed by atoms with E-state index in [9.17, 15) is 0 Å². The standard InChI is InChI=1S/C23H26N4S/c1-15(2)26-11-7-9-20(26)22-21(19-8-5-6-10-24-19)25-23(28)27(22)18-13-16(3)12-17(4)14-18/h5-15,21-22H,1-4H3,(H,25,28)/t21-,22+/m0/s1. The average Bonchev–Trinajstić information content (AvgIpc) is 3.25. The summed E-state index contributed by atoms with van der Waals surface area (Å²) in [5, 5.41) is 4.28. The van der Waals surface area contributed by atoms with Crippen LogP contribution in [0.4, 0.5) is 5.69 Å². The summed E-state index contributed by atoms with van der Waals surface area (Å²) >= 11 is 5.82. The minimum absolute atomic E-state index is 0.0121. The summed E-state index contributed by atoms with van der Waals surface area (Å²) in [5.41, 5.74) is 5.82. The second-order valence-electron chi connectivity index (χ2n) is 7.78. The molecule has 4 nitrogen and oxygen atoms in total. The summed E-state index contributed by atoms with van der Waals surface area (Å²) < 4.78 is 2.33. The van der Waals surface area contributed by atoms with E-state index < -0.39 is 0 Å². The fourth-order valence-corrected chi connectivity index (χ4v) is 4.50. The molecule has 1 aromatic carbocycles. The first kappa shape index (κ1) is 18.7. The third-order valence-corrected chi connectivity index (χ3v) is 5.57. The van der Waals surface area contributed by atoms with Gasteiger partial charge in [-0.05, 0) is 87.4 Å². The fourth-order valence-electron chi connectivity index (χ4n) is 4.15. The van der Waals surface area contributed by atoms with E-state index in [0.717, 1.165) is 16.5 Å². The van der Waals surface area contributed by atoms with Crippen LogP contribution in [-0.2, 0) is 0 Å². The van der Waals surface area contributed by atoms with Crippen LogP contribution in [0.3, 0.4) is 0 Å². The third-order valence-electron chi connectivity index (χ3n) is 5.25. The molecule has 1 aliphatic rings. The van der Waals surface area contributed by atoms with Gasteiger partial charge in [0.1, 0.15) is 6.04 Å².